The van der Waals surface area contributed by atoms with Crippen molar-refractivity contribution in [2.24, 2.45) is 5.73 Å². The smallest absolute Gasteiger partial charge is 0.162 e. The van der Waals surface area contributed by atoms with Crippen LogP contribution in [-0.2, 0) is 6.54 Å². The third-order valence-corrected chi connectivity index (χ3v) is 3.71. The number of methoxy groups -OCH3 is 1. The first-order chi connectivity index (χ1) is 11.6. The lowest BCUT2D eigenvalue weighted by molar-refractivity contribution is 0.411. The number of nitrogen functional groups attached to an aromatic ring is 1. The summed E-state index contributed by atoms with van der Waals surface area (Å²) < 4.78 is 19.5. The van der Waals surface area contributed by atoms with Gasteiger partial charge in [0.2, 0.25) is 0 Å². The summed E-state index contributed by atoms with van der Waals surface area (Å²) in [6.07, 6.45) is 0. The molecule has 2 aromatic carbocycles. The van der Waals surface area contributed by atoms with Crippen LogP contribution >= 0.6 is 0 Å². The molecule has 3 rings (SSSR count). The van der Waals surface area contributed by atoms with Crippen LogP contribution in [0.4, 0.5) is 10.2 Å². The Morgan fingerprint density at radius 2 is 1.83 bits per heavy atom. The van der Waals surface area contributed by atoms with E-state index in [0.717, 1.165) is 5.56 Å². The lowest BCUT2D eigenvalue weighted by Crippen LogP contribution is -2.09. The van der Waals surface area contributed by atoms with Crippen molar-refractivity contribution < 1.29 is 9.13 Å². The molecule has 3 aromatic rings. The van der Waals surface area contributed by atoms with E-state index in [4.69, 9.17) is 16.2 Å². The molecule has 1 heterocycles. The highest BCUT2D eigenvalue weighted by molar-refractivity contribution is 5.72. The molecule has 1 aromatic heterocycles. The fourth-order valence-electron chi connectivity index (χ4n) is 2.46. The maximum Gasteiger partial charge on any atom is 0.162 e. The van der Waals surface area contributed by atoms with Gasteiger partial charge in [-0.05, 0) is 12.1 Å². The zero-order valence-electron chi connectivity index (χ0n) is 13.2. The lowest BCUT2D eigenvalue weighted by Gasteiger charge is -2.13. The fraction of sp³-hybridized carbons (Fsp3) is 0.111. The van der Waals surface area contributed by atoms with Crippen molar-refractivity contribution in [2.45, 2.75) is 6.54 Å². The minimum Gasteiger partial charge on any atom is -0.497 e. The summed E-state index contributed by atoms with van der Waals surface area (Å²) in [5, 5.41) is 0. The second-order valence-electron chi connectivity index (χ2n) is 5.18. The number of nitrogens with two attached hydrogens (primary N) is 2. The summed E-state index contributed by atoms with van der Waals surface area (Å²) in [5.41, 5.74) is 13.8. The Hall–Kier alpha value is -2.99. The van der Waals surface area contributed by atoms with Crippen molar-refractivity contribution in [1.82, 2.24) is 9.97 Å². The van der Waals surface area contributed by atoms with Crippen LogP contribution in [0.3, 0.4) is 0 Å². The molecular formula is C18H17FN4O. The number of nitrogens with zero attached hydrogens (tertiary/aromatic N) is 2. The minimum absolute atomic E-state index is 0.113. The second-order valence-corrected chi connectivity index (χ2v) is 5.18. The first kappa shape index (κ1) is 15.9. The predicted molar refractivity (Wildman–Crippen MR) is 91.7 cm³/mol. The Kier molecular flexibility index (Phi) is 4.39. The van der Waals surface area contributed by atoms with Gasteiger partial charge in [0.15, 0.2) is 5.82 Å². The van der Waals surface area contributed by atoms with Gasteiger partial charge in [-0.15, -0.1) is 0 Å². The molecule has 0 radical (unpaired) electrons. The fourth-order valence-corrected chi connectivity index (χ4v) is 2.46. The summed E-state index contributed by atoms with van der Waals surface area (Å²) in [6, 6.07) is 13.9. The molecule has 5 nitrogen and oxygen atoms in total. The molecule has 0 saturated carbocycles. The van der Waals surface area contributed by atoms with Crippen molar-refractivity contribution in [3.8, 4) is 28.4 Å². The van der Waals surface area contributed by atoms with E-state index in [0.29, 0.717) is 28.4 Å². The van der Waals surface area contributed by atoms with Crippen LogP contribution in [-0.4, -0.2) is 17.1 Å². The number of benzene rings is 2. The molecule has 24 heavy (non-hydrogen) atoms. The van der Waals surface area contributed by atoms with E-state index in [2.05, 4.69) is 9.97 Å². The molecule has 0 aliphatic carbocycles. The zero-order valence-corrected chi connectivity index (χ0v) is 13.2. The van der Waals surface area contributed by atoms with Gasteiger partial charge in [0.05, 0.1) is 12.8 Å². The van der Waals surface area contributed by atoms with Gasteiger partial charge < -0.3 is 16.2 Å². The largest absolute Gasteiger partial charge is 0.497 e. The average Bonchev–Trinajstić information content (AvgIpc) is 2.61. The molecule has 0 aliphatic heterocycles. The van der Waals surface area contributed by atoms with E-state index >= 15 is 0 Å². The normalized spacial score (nSPS) is 10.6. The second kappa shape index (κ2) is 6.64. The Morgan fingerprint density at radius 3 is 2.46 bits per heavy atom. The molecule has 6 heteroatoms. The van der Waals surface area contributed by atoms with E-state index in [1.807, 2.05) is 30.3 Å². The van der Waals surface area contributed by atoms with Gasteiger partial charge in [-0.1, -0.05) is 30.3 Å². The van der Waals surface area contributed by atoms with Gasteiger partial charge in [-0.3, -0.25) is 0 Å². The van der Waals surface area contributed by atoms with Gasteiger partial charge in [0.25, 0.3) is 0 Å². The lowest BCUT2D eigenvalue weighted by atomic mass is 10.0. The van der Waals surface area contributed by atoms with Gasteiger partial charge in [-0.2, -0.15) is 0 Å². The first-order valence-corrected chi connectivity index (χ1v) is 7.39. The summed E-state index contributed by atoms with van der Waals surface area (Å²) in [4.78, 5) is 8.81. The van der Waals surface area contributed by atoms with Crippen LogP contribution < -0.4 is 16.2 Å². The summed E-state index contributed by atoms with van der Waals surface area (Å²) >= 11 is 0. The van der Waals surface area contributed by atoms with E-state index in [9.17, 15) is 4.39 Å². The minimum atomic E-state index is -0.457. The monoisotopic (exact) mass is 324 g/mol. The maximum atomic E-state index is 14.5. The Balaban J connectivity index is 2.21. The van der Waals surface area contributed by atoms with E-state index in [1.54, 1.807) is 12.1 Å². The molecule has 122 valence electrons. The number of ether oxygens (including phenoxy) is 1. The van der Waals surface area contributed by atoms with Crippen LogP contribution in [0, 0.1) is 5.82 Å². The van der Waals surface area contributed by atoms with Crippen molar-refractivity contribution in [3.05, 3.63) is 59.9 Å². The van der Waals surface area contributed by atoms with Crippen molar-refractivity contribution in [1.29, 1.82) is 0 Å². The topological polar surface area (TPSA) is 87.0 Å². The molecular weight excluding hydrogens is 307 g/mol. The quantitative estimate of drug-likeness (QED) is 0.770. The standard InChI is InChI=1S/C18H17FN4O/c1-24-12-7-8-13(15(19)9-12)16-14(10-20)17(21)23-18(22-16)11-5-3-2-4-6-11/h2-9H,10,20H2,1H3,(H2,21,22,23). The van der Waals surface area contributed by atoms with Crippen LogP contribution in [0.2, 0.25) is 0 Å². The third-order valence-electron chi connectivity index (χ3n) is 3.71. The van der Waals surface area contributed by atoms with Crippen molar-refractivity contribution in [3.63, 3.8) is 0 Å². The first-order valence-electron chi connectivity index (χ1n) is 7.39. The highest BCUT2D eigenvalue weighted by atomic mass is 19.1. The Morgan fingerprint density at radius 1 is 1.08 bits per heavy atom. The maximum absolute atomic E-state index is 14.5. The predicted octanol–water partition coefficient (Wildman–Crippen LogP) is 3.00. The number of aromatic nitrogens is 2. The number of rotatable bonds is 4. The molecule has 0 unspecified atom stereocenters. The summed E-state index contributed by atoms with van der Waals surface area (Å²) in [6.45, 7) is 0.113. The molecule has 0 atom stereocenters. The van der Waals surface area contributed by atoms with Crippen LogP contribution in [0.1, 0.15) is 5.56 Å². The summed E-state index contributed by atoms with van der Waals surface area (Å²) in [7, 11) is 1.48. The number of anilines is 1. The van der Waals surface area contributed by atoms with Crippen LogP contribution in [0.25, 0.3) is 22.6 Å². The average molecular weight is 324 g/mol. The van der Waals surface area contributed by atoms with Crippen molar-refractivity contribution >= 4 is 5.82 Å². The SMILES string of the molecule is COc1ccc(-c2nc(-c3ccccc3)nc(N)c2CN)c(F)c1. The molecule has 0 aliphatic rings. The molecule has 0 amide bonds. The Labute approximate surface area is 139 Å². The zero-order chi connectivity index (χ0) is 17.1. The van der Waals surface area contributed by atoms with E-state index in [1.165, 1.54) is 13.2 Å². The van der Waals surface area contributed by atoms with Gasteiger partial charge in [0, 0.05) is 29.3 Å². The van der Waals surface area contributed by atoms with Gasteiger partial charge >= 0.3 is 0 Å². The highest BCUT2D eigenvalue weighted by Gasteiger charge is 2.17. The van der Waals surface area contributed by atoms with Gasteiger partial charge in [0.1, 0.15) is 17.4 Å². The van der Waals surface area contributed by atoms with Crippen LogP contribution in [0.5, 0.6) is 5.75 Å². The molecule has 0 bridgehead atoms. The molecule has 4 N–H and O–H groups in total. The number of hydrogen-bond acceptors (Lipinski definition) is 5. The van der Waals surface area contributed by atoms with Crippen LogP contribution in [0.15, 0.2) is 48.5 Å². The van der Waals surface area contributed by atoms with Crippen molar-refractivity contribution in [2.75, 3.05) is 12.8 Å². The molecule has 0 saturated heterocycles. The van der Waals surface area contributed by atoms with Gasteiger partial charge in [-0.25, -0.2) is 14.4 Å². The molecule has 0 fully saturated rings. The van der Waals surface area contributed by atoms with E-state index in [-0.39, 0.29) is 12.4 Å². The Bertz CT molecular complexity index is 868. The third kappa shape index (κ3) is 2.91. The van der Waals surface area contributed by atoms with E-state index < -0.39 is 5.82 Å². The number of hydrogen-bond donors (Lipinski definition) is 2. The number of halogens is 1. The molecule has 0 spiro atoms. The highest BCUT2D eigenvalue weighted by Crippen LogP contribution is 2.31. The summed E-state index contributed by atoms with van der Waals surface area (Å²) in [5.74, 6) is 0.643.